The smallest absolute Gasteiger partial charge is 0.0833 e. The van der Waals surface area contributed by atoms with E-state index in [9.17, 15) is 5.11 Å². The molecule has 3 N–H and O–H groups in total. The molecule has 0 aromatic carbocycles. The molecular formula is C11H22N2O2. The minimum Gasteiger partial charge on any atom is -0.393 e. The quantitative estimate of drug-likeness (QED) is 0.677. The van der Waals surface area contributed by atoms with Crippen LogP contribution in [0.25, 0.3) is 0 Å². The van der Waals surface area contributed by atoms with Gasteiger partial charge in [0.25, 0.3) is 0 Å². The highest BCUT2D eigenvalue weighted by atomic mass is 16.5. The Bertz CT molecular complexity index is 207. The lowest BCUT2D eigenvalue weighted by molar-refractivity contribution is -0.146. The standard InChI is InChI=1S/C11H22N2O2/c12-4-6-13-5-1-3-11(9-13)8-10(14)2-7-15-11/h10,14H,1-9,12H2/t10-,11-/m0/s1. The van der Waals surface area contributed by atoms with E-state index in [0.717, 1.165) is 45.3 Å². The average Bonchev–Trinajstić information content (AvgIpc) is 2.17. The first-order valence-electron chi connectivity index (χ1n) is 5.99. The molecule has 4 heteroatoms. The highest BCUT2D eigenvalue weighted by molar-refractivity contribution is 4.93. The third-order valence-corrected chi connectivity index (χ3v) is 3.53. The zero-order chi connectivity index (χ0) is 10.7. The van der Waals surface area contributed by atoms with Gasteiger partial charge in [-0.05, 0) is 25.8 Å². The molecule has 88 valence electrons. The fraction of sp³-hybridized carbons (Fsp3) is 1.00. The lowest BCUT2D eigenvalue weighted by Gasteiger charge is -2.46. The molecule has 2 heterocycles. The third-order valence-electron chi connectivity index (χ3n) is 3.53. The molecule has 0 aromatic heterocycles. The molecule has 2 saturated heterocycles. The minimum atomic E-state index is -0.170. The Morgan fingerprint density at radius 2 is 2.40 bits per heavy atom. The van der Waals surface area contributed by atoms with E-state index >= 15 is 0 Å². The van der Waals surface area contributed by atoms with Crippen LogP contribution in [-0.2, 0) is 4.74 Å². The molecule has 1 spiro atoms. The van der Waals surface area contributed by atoms with Gasteiger partial charge < -0.3 is 15.6 Å². The molecule has 2 aliphatic heterocycles. The summed E-state index contributed by atoms with van der Waals surface area (Å²) in [6.07, 6.45) is 3.67. The summed E-state index contributed by atoms with van der Waals surface area (Å²) in [5, 5.41) is 9.72. The van der Waals surface area contributed by atoms with Crippen molar-refractivity contribution in [3.63, 3.8) is 0 Å². The van der Waals surface area contributed by atoms with Crippen molar-refractivity contribution in [3.05, 3.63) is 0 Å². The van der Waals surface area contributed by atoms with Crippen molar-refractivity contribution < 1.29 is 9.84 Å². The van der Waals surface area contributed by atoms with Crippen molar-refractivity contribution in [1.29, 1.82) is 0 Å². The number of hydrogen-bond acceptors (Lipinski definition) is 4. The van der Waals surface area contributed by atoms with E-state index in [0.29, 0.717) is 13.2 Å². The first-order chi connectivity index (χ1) is 7.24. The first-order valence-corrected chi connectivity index (χ1v) is 5.99. The van der Waals surface area contributed by atoms with Crippen molar-refractivity contribution in [1.82, 2.24) is 4.90 Å². The molecule has 0 aliphatic carbocycles. The van der Waals surface area contributed by atoms with Crippen LogP contribution in [0.5, 0.6) is 0 Å². The minimum absolute atomic E-state index is 0.0783. The van der Waals surface area contributed by atoms with Crippen molar-refractivity contribution in [2.75, 3.05) is 32.8 Å². The second kappa shape index (κ2) is 4.78. The average molecular weight is 214 g/mol. The second-order valence-electron chi connectivity index (χ2n) is 4.85. The number of aliphatic hydroxyl groups excluding tert-OH is 1. The van der Waals surface area contributed by atoms with Crippen LogP contribution in [-0.4, -0.2) is 54.5 Å². The summed E-state index contributed by atoms with van der Waals surface area (Å²) in [4.78, 5) is 2.36. The Morgan fingerprint density at radius 1 is 1.53 bits per heavy atom. The molecule has 0 saturated carbocycles. The summed E-state index contributed by atoms with van der Waals surface area (Å²) in [5.41, 5.74) is 5.49. The van der Waals surface area contributed by atoms with E-state index < -0.39 is 0 Å². The highest BCUT2D eigenvalue weighted by Gasteiger charge is 2.40. The van der Waals surface area contributed by atoms with Crippen LogP contribution < -0.4 is 5.73 Å². The molecule has 2 atom stereocenters. The van der Waals surface area contributed by atoms with Gasteiger partial charge in [0, 0.05) is 32.7 Å². The van der Waals surface area contributed by atoms with Gasteiger partial charge in [0.05, 0.1) is 11.7 Å². The molecule has 0 bridgehead atoms. The first kappa shape index (κ1) is 11.3. The molecule has 0 aromatic rings. The Morgan fingerprint density at radius 3 is 3.13 bits per heavy atom. The predicted octanol–water partition coefficient (Wildman–Crippen LogP) is -0.0490. The van der Waals surface area contributed by atoms with Gasteiger partial charge >= 0.3 is 0 Å². The number of piperidine rings is 1. The maximum atomic E-state index is 9.72. The molecule has 4 nitrogen and oxygen atoms in total. The Labute approximate surface area is 91.4 Å². The van der Waals surface area contributed by atoms with Crippen LogP contribution in [0.4, 0.5) is 0 Å². The number of nitrogens with zero attached hydrogens (tertiary/aromatic N) is 1. The van der Waals surface area contributed by atoms with Gasteiger partial charge in [-0.3, -0.25) is 4.90 Å². The predicted molar refractivity (Wildman–Crippen MR) is 58.7 cm³/mol. The number of rotatable bonds is 2. The van der Waals surface area contributed by atoms with E-state index in [1.54, 1.807) is 0 Å². The molecule has 2 aliphatic rings. The SMILES string of the molecule is NCCN1CCC[C@]2(C[C@@H](O)CCO2)C1. The fourth-order valence-electron chi connectivity index (χ4n) is 2.85. The van der Waals surface area contributed by atoms with E-state index in [-0.39, 0.29) is 11.7 Å². The zero-order valence-corrected chi connectivity index (χ0v) is 9.32. The molecule has 0 amide bonds. The maximum Gasteiger partial charge on any atom is 0.0833 e. The van der Waals surface area contributed by atoms with Gasteiger partial charge in [-0.2, -0.15) is 0 Å². The van der Waals surface area contributed by atoms with Gasteiger partial charge in [-0.25, -0.2) is 0 Å². The zero-order valence-electron chi connectivity index (χ0n) is 9.32. The van der Waals surface area contributed by atoms with Gasteiger partial charge in [0.2, 0.25) is 0 Å². The number of likely N-dealkylation sites (tertiary alicyclic amines) is 1. The van der Waals surface area contributed by atoms with Crippen LogP contribution in [0.3, 0.4) is 0 Å². The molecule has 15 heavy (non-hydrogen) atoms. The summed E-state index contributed by atoms with van der Waals surface area (Å²) in [5.74, 6) is 0. The summed E-state index contributed by atoms with van der Waals surface area (Å²) in [6, 6.07) is 0. The van der Waals surface area contributed by atoms with Crippen molar-refractivity contribution in [2.45, 2.75) is 37.4 Å². The van der Waals surface area contributed by atoms with E-state index in [1.807, 2.05) is 0 Å². The summed E-state index contributed by atoms with van der Waals surface area (Å²) >= 11 is 0. The normalized spacial score (nSPS) is 38.4. The molecule has 2 rings (SSSR count). The number of aliphatic hydroxyl groups is 1. The van der Waals surface area contributed by atoms with E-state index in [1.165, 1.54) is 0 Å². The number of hydrogen-bond donors (Lipinski definition) is 2. The number of ether oxygens (including phenoxy) is 1. The summed E-state index contributed by atoms with van der Waals surface area (Å²) < 4.78 is 5.91. The largest absolute Gasteiger partial charge is 0.393 e. The third kappa shape index (κ3) is 2.69. The molecular weight excluding hydrogens is 192 g/mol. The lowest BCUT2D eigenvalue weighted by atomic mass is 9.84. The fourth-order valence-corrected chi connectivity index (χ4v) is 2.85. The van der Waals surface area contributed by atoms with Crippen LogP contribution in [0.1, 0.15) is 25.7 Å². The Hall–Kier alpha value is -0.160. The maximum absolute atomic E-state index is 9.72. The van der Waals surface area contributed by atoms with Crippen molar-refractivity contribution in [2.24, 2.45) is 5.73 Å². The molecule has 0 radical (unpaired) electrons. The Balaban J connectivity index is 1.94. The van der Waals surface area contributed by atoms with Crippen LogP contribution in [0.2, 0.25) is 0 Å². The van der Waals surface area contributed by atoms with E-state index in [4.69, 9.17) is 10.5 Å². The van der Waals surface area contributed by atoms with Crippen molar-refractivity contribution >= 4 is 0 Å². The highest BCUT2D eigenvalue weighted by Crippen LogP contribution is 2.33. The van der Waals surface area contributed by atoms with E-state index in [2.05, 4.69) is 4.90 Å². The van der Waals surface area contributed by atoms with Gasteiger partial charge in [-0.15, -0.1) is 0 Å². The van der Waals surface area contributed by atoms with Crippen LogP contribution in [0.15, 0.2) is 0 Å². The van der Waals surface area contributed by atoms with Gasteiger partial charge in [0.15, 0.2) is 0 Å². The number of nitrogens with two attached hydrogens (primary N) is 1. The van der Waals surface area contributed by atoms with Crippen LogP contribution in [0, 0.1) is 0 Å². The van der Waals surface area contributed by atoms with Gasteiger partial charge in [0.1, 0.15) is 0 Å². The second-order valence-corrected chi connectivity index (χ2v) is 4.85. The molecule has 0 unspecified atom stereocenters. The summed E-state index contributed by atoms with van der Waals surface area (Å²) in [6.45, 7) is 4.43. The van der Waals surface area contributed by atoms with Crippen LogP contribution >= 0.6 is 0 Å². The lowest BCUT2D eigenvalue weighted by Crippen LogP contribution is -2.54. The van der Waals surface area contributed by atoms with Gasteiger partial charge in [-0.1, -0.05) is 0 Å². The molecule has 2 fully saturated rings. The Kier molecular flexibility index (Phi) is 3.61. The topological polar surface area (TPSA) is 58.7 Å². The monoisotopic (exact) mass is 214 g/mol. The summed E-state index contributed by atoms with van der Waals surface area (Å²) in [7, 11) is 0. The van der Waals surface area contributed by atoms with Crippen molar-refractivity contribution in [3.8, 4) is 0 Å².